The van der Waals surface area contributed by atoms with Gasteiger partial charge in [0.1, 0.15) is 0 Å². The van der Waals surface area contributed by atoms with Crippen LogP contribution in [-0.2, 0) is 16.0 Å². The molecule has 134 valence electrons. The highest BCUT2D eigenvalue weighted by Gasteiger charge is 2.27. The second kappa shape index (κ2) is 8.68. The molecule has 2 atom stereocenters. The minimum atomic E-state index is -4.36. The summed E-state index contributed by atoms with van der Waals surface area (Å²) in [6, 6.07) is 5.19. The number of carbonyl (C=O) groups is 2. The van der Waals surface area contributed by atoms with Gasteiger partial charge in [-0.3, -0.25) is 9.59 Å². The Kier molecular flexibility index (Phi) is 7.21. The first-order valence-electron chi connectivity index (χ1n) is 7.55. The number of carbonyl (C=O) groups excluding carboxylic acids is 2. The Labute approximate surface area is 138 Å². The average Bonchev–Trinajstić information content (AvgIpc) is 2.49. The van der Waals surface area contributed by atoms with Crippen molar-refractivity contribution in [3.8, 4) is 0 Å². The first-order chi connectivity index (χ1) is 11.1. The van der Waals surface area contributed by atoms with Crippen LogP contribution in [0.4, 0.5) is 18.9 Å². The number of aliphatic hydroxyl groups is 1. The van der Waals surface area contributed by atoms with Crippen molar-refractivity contribution in [3.05, 3.63) is 29.8 Å². The quantitative estimate of drug-likeness (QED) is 0.692. The molecular weight excluding hydrogens is 325 g/mol. The van der Waals surface area contributed by atoms with E-state index in [0.29, 0.717) is 0 Å². The van der Waals surface area contributed by atoms with Crippen molar-refractivity contribution in [2.24, 2.45) is 5.92 Å². The summed E-state index contributed by atoms with van der Waals surface area (Å²) in [4.78, 5) is 23.4. The van der Waals surface area contributed by atoms with Gasteiger partial charge in [0.25, 0.3) is 0 Å². The van der Waals surface area contributed by atoms with E-state index in [9.17, 15) is 27.9 Å². The molecule has 0 aromatic heterocycles. The highest BCUT2D eigenvalue weighted by atomic mass is 19.4. The summed E-state index contributed by atoms with van der Waals surface area (Å²) >= 11 is 0. The lowest BCUT2D eigenvalue weighted by Gasteiger charge is -2.17. The molecule has 0 aliphatic heterocycles. The summed E-state index contributed by atoms with van der Waals surface area (Å²) in [5.74, 6) is -2.00. The number of amides is 2. The molecule has 0 fully saturated rings. The third kappa shape index (κ3) is 6.99. The Balaban J connectivity index is 2.58. The molecular formula is C16H21F3N2O3. The highest BCUT2D eigenvalue weighted by Crippen LogP contribution is 2.22. The van der Waals surface area contributed by atoms with Crippen LogP contribution in [0.25, 0.3) is 0 Å². The Bertz CT molecular complexity index is 576. The Morgan fingerprint density at radius 2 is 1.92 bits per heavy atom. The molecule has 0 spiro atoms. The molecule has 2 amide bonds. The number of halogens is 3. The molecule has 1 aromatic carbocycles. The van der Waals surface area contributed by atoms with Gasteiger partial charge in [-0.25, -0.2) is 0 Å². The lowest BCUT2D eigenvalue weighted by atomic mass is 10.0. The Morgan fingerprint density at radius 1 is 1.25 bits per heavy atom. The molecule has 0 aliphatic rings. The van der Waals surface area contributed by atoms with E-state index >= 15 is 0 Å². The van der Waals surface area contributed by atoms with Crippen LogP contribution in [0.3, 0.4) is 0 Å². The summed E-state index contributed by atoms with van der Waals surface area (Å²) in [5, 5.41) is 14.3. The minimum Gasteiger partial charge on any atom is -0.391 e. The summed E-state index contributed by atoms with van der Waals surface area (Å²) in [5.41, 5.74) is 0.0762. The molecule has 0 saturated carbocycles. The maximum atomic E-state index is 12.4. The van der Waals surface area contributed by atoms with Crippen molar-refractivity contribution in [2.45, 2.75) is 39.0 Å². The van der Waals surface area contributed by atoms with Crippen LogP contribution in [0.15, 0.2) is 24.3 Å². The number of hydrogen-bond acceptors (Lipinski definition) is 3. The van der Waals surface area contributed by atoms with Crippen LogP contribution in [0.5, 0.6) is 0 Å². The zero-order chi connectivity index (χ0) is 18.3. The maximum Gasteiger partial charge on any atom is 0.393 e. The van der Waals surface area contributed by atoms with Crippen molar-refractivity contribution >= 4 is 17.5 Å². The van der Waals surface area contributed by atoms with E-state index < -0.39 is 30.5 Å². The zero-order valence-electron chi connectivity index (χ0n) is 13.5. The summed E-state index contributed by atoms with van der Waals surface area (Å²) in [6.45, 7) is 3.62. The van der Waals surface area contributed by atoms with Gasteiger partial charge in [-0.1, -0.05) is 32.4 Å². The van der Waals surface area contributed by atoms with Crippen molar-refractivity contribution in [2.75, 3.05) is 11.9 Å². The van der Waals surface area contributed by atoms with Crippen molar-refractivity contribution in [1.29, 1.82) is 0 Å². The van der Waals surface area contributed by atoms with Crippen LogP contribution in [0.2, 0.25) is 0 Å². The van der Waals surface area contributed by atoms with Gasteiger partial charge in [-0.15, -0.1) is 0 Å². The molecule has 3 N–H and O–H groups in total. The average molecular weight is 346 g/mol. The van der Waals surface area contributed by atoms with E-state index in [1.165, 1.54) is 18.2 Å². The van der Waals surface area contributed by atoms with Gasteiger partial charge in [0, 0.05) is 12.2 Å². The van der Waals surface area contributed by atoms with Crippen molar-refractivity contribution in [1.82, 2.24) is 5.32 Å². The SMILES string of the molecule is CCC(C)C(O)CNC(=O)C(=O)Nc1cccc(CC(F)(F)F)c1. The summed E-state index contributed by atoms with van der Waals surface area (Å²) in [7, 11) is 0. The van der Waals surface area contributed by atoms with Gasteiger partial charge in [-0.05, 0) is 23.6 Å². The number of benzene rings is 1. The molecule has 24 heavy (non-hydrogen) atoms. The first kappa shape index (κ1) is 20.0. The minimum absolute atomic E-state index is 0.0205. The van der Waals surface area contributed by atoms with Crippen molar-refractivity contribution in [3.63, 3.8) is 0 Å². The topological polar surface area (TPSA) is 78.4 Å². The van der Waals surface area contributed by atoms with Crippen molar-refractivity contribution < 1.29 is 27.9 Å². The largest absolute Gasteiger partial charge is 0.393 e. The number of hydrogen-bond donors (Lipinski definition) is 3. The number of rotatable bonds is 6. The van der Waals surface area contributed by atoms with E-state index in [-0.39, 0.29) is 23.7 Å². The van der Waals surface area contributed by atoms with Gasteiger partial charge < -0.3 is 15.7 Å². The molecule has 0 saturated heterocycles. The summed E-state index contributed by atoms with van der Waals surface area (Å²) in [6.07, 6.45) is -5.53. The molecule has 8 heteroatoms. The monoisotopic (exact) mass is 346 g/mol. The Morgan fingerprint density at radius 3 is 2.50 bits per heavy atom. The van der Waals surface area contributed by atoms with Gasteiger partial charge in [0.15, 0.2) is 0 Å². The van der Waals surface area contributed by atoms with Gasteiger partial charge in [0.05, 0.1) is 12.5 Å². The number of aliphatic hydroxyl groups excluding tert-OH is 1. The molecule has 5 nitrogen and oxygen atoms in total. The van der Waals surface area contributed by atoms with E-state index in [0.717, 1.165) is 12.5 Å². The van der Waals surface area contributed by atoms with Crippen LogP contribution >= 0.6 is 0 Å². The number of anilines is 1. The lowest BCUT2D eigenvalue weighted by Crippen LogP contribution is -2.41. The summed E-state index contributed by atoms with van der Waals surface area (Å²) < 4.78 is 37.1. The lowest BCUT2D eigenvalue weighted by molar-refractivity contribution is -0.136. The third-order valence-corrected chi connectivity index (χ3v) is 3.57. The van der Waals surface area contributed by atoms with E-state index in [4.69, 9.17) is 0 Å². The van der Waals surface area contributed by atoms with E-state index in [1.54, 1.807) is 0 Å². The second-order valence-electron chi connectivity index (χ2n) is 5.61. The van der Waals surface area contributed by atoms with Crippen LogP contribution in [0.1, 0.15) is 25.8 Å². The molecule has 1 rings (SSSR count). The highest BCUT2D eigenvalue weighted by molar-refractivity contribution is 6.39. The van der Waals surface area contributed by atoms with Crippen LogP contribution in [0, 0.1) is 5.92 Å². The normalized spacial score (nSPS) is 13.9. The molecule has 0 aliphatic carbocycles. The molecule has 0 radical (unpaired) electrons. The maximum absolute atomic E-state index is 12.4. The van der Waals surface area contributed by atoms with Gasteiger partial charge in [-0.2, -0.15) is 13.2 Å². The predicted molar refractivity (Wildman–Crippen MR) is 83.3 cm³/mol. The first-order valence-corrected chi connectivity index (χ1v) is 7.55. The number of nitrogens with one attached hydrogen (secondary N) is 2. The molecule has 0 bridgehead atoms. The number of alkyl halides is 3. The fraction of sp³-hybridized carbons (Fsp3) is 0.500. The third-order valence-electron chi connectivity index (χ3n) is 3.57. The zero-order valence-corrected chi connectivity index (χ0v) is 13.5. The smallest absolute Gasteiger partial charge is 0.391 e. The molecule has 2 unspecified atom stereocenters. The Hall–Kier alpha value is -2.09. The molecule has 1 aromatic rings. The second-order valence-corrected chi connectivity index (χ2v) is 5.61. The fourth-order valence-corrected chi connectivity index (χ4v) is 1.93. The van der Waals surface area contributed by atoms with Gasteiger partial charge in [0.2, 0.25) is 0 Å². The van der Waals surface area contributed by atoms with E-state index in [2.05, 4.69) is 10.6 Å². The standard InChI is InChI=1S/C16H21F3N2O3/c1-3-10(2)13(22)9-20-14(23)15(24)21-12-6-4-5-11(7-12)8-16(17,18)19/h4-7,10,13,22H,3,8-9H2,1-2H3,(H,20,23)(H,21,24). The van der Waals surface area contributed by atoms with E-state index in [1.807, 2.05) is 13.8 Å². The molecule has 0 heterocycles. The van der Waals surface area contributed by atoms with Gasteiger partial charge >= 0.3 is 18.0 Å². The fourth-order valence-electron chi connectivity index (χ4n) is 1.93. The van der Waals surface area contributed by atoms with Crippen LogP contribution in [-0.4, -0.2) is 35.7 Å². The van der Waals surface area contributed by atoms with Crippen LogP contribution < -0.4 is 10.6 Å². The predicted octanol–water partition coefficient (Wildman–Crippen LogP) is 2.25.